The largest absolute Gasteiger partial charge is 0.481 e. The summed E-state index contributed by atoms with van der Waals surface area (Å²) in [6.07, 6.45) is 0.517. The van der Waals surface area contributed by atoms with E-state index in [1.54, 1.807) is 0 Å². The highest BCUT2D eigenvalue weighted by molar-refractivity contribution is 7.72. The molecule has 19 heavy (non-hydrogen) atoms. The van der Waals surface area contributed by atoms with E-state index in [1.807, 2.05) is 6.92 Å². The average Bonchev–Trinajstić information content (AvgIpc) is 2.18. The van der Waals surface area contributed by atoms with Gasteiger partial charge in [-0.1, -0.05) is 19.8 Å². The molecule has 0 fully saturated rings. The van der Waals surface area contributed by atoms with Crippen LogP contribution in [0, 0.1) is 0 Å². The topological polar surface area (TPSA) is 164 Å². The highest BCUT2D eigenvalue weighted by atomic mass is 31.2. The van der Waals surface area contributed by atoms with Gasteiger partial charge in [-0.25, -0.2) is 0 Å². The smallest absolute Gasteiger partial charge is 0.358 e. The Balaban J connectivity index is 5.35. The van der Waals surface area contributed by atoms with E-state index < -0.39 is 32.6 Å². The van der Waals surface area contributed by atoms with Crippen LogP contribution < -0.4 is 5.32 Å². The van der Waals surface area contributed by atoms with E-state index in [4.69, 9.17) is 24.7 Å². The van der Waals surface area contributed by atoms with Gasteiger partial charge in [0.2, 0.25) is 5.02 Å². The van der Waals surface area contributed by atoms with Crippen LogP contribution in [0.5, 0.6) is 0 Å². The fraction of sp³-hybridized carbons (Fsp3) is 0.875. The zero-order valence-electron chi connectivity index (χ0n) is 10.4. The van der Waals surface area contributed by atoms with Crippen molar-refractivity contribution in [3.05, 3.63) is 0 Å². The first-order valence-electron chi connectivity index (χ1n) is 5.56. The van der Waals surface area contributed by atoms with E-state index >= 15 is 0 Å². The van der Waals surface area contributed by atoms with Gasteiger partial charge in [0.1, 0.15) is 0 Å². The van der Waals surface area contributed by atoms with E-state index in [1.165, 1.54) is 0 Å². The molecule has 0 bridgehead atoms. The summed E-state index contributed by atoms with van der Waals surface area (Å²) in [6, 6.07) is 0. The number of aliphatic carboxylic acids is 1. The summed E-state index contributed by atoms with van der Waals surface area (Å²) >= 11 is 0. The molecule has 0 unspecified atom stereocenters. The first-order valence-corrected chi connectivity index (χ1v) is 8.78. The minimum Gasteiger partial charge on any atom is -0.481 e. The summed E-state index contributed by atoms with van der Waals surface area (Å²) < 4.78 is 22.8. The second-order valence-corrected chi connectivity index (χ2v) is 8.16. The number of hydrogen-bond acceptors (Lipinski definition) is 4. The molecule has 11 heteroatoms. The summed E-state index contributed by atoms with van der Waals surface area (Å²) in [5, 5.41) is 7.65. The van der Waals surface area contributed by atoms with Crippen molar-refractivity contribution < 1.29 is 38.6 Å². The van der Waals surface area contributed by atoms with Crippen LogP contribution in [0.4, 0.5) is 0 Å². The summed E-state index contributed by atoms with van der Waals surface area (Å²) in [7, 11) is -10.8. The molecular weight excluding hydrogens is 300 g/mol. The Morgan fingerprint density at radius 2 is 1.58 bits per heavy atom. The first-order chi connectivity index (χ1) is 8.48. The highest BCUT2D eigenvalue weighted by Crippen LogP contribution is 2.68. The number of carboxylic acids is 1. The number of hydrogen-bond donors (Lipinski definition) is 6. The Morgan fingerprint density at radius 1 is 1.11 bits per heavy atom. The highest BCUT2D eigenvalue weighted by Gasteiger charge is 2.61. The lowest BCUT2D eigenvalue weighted by Crippen LogP contribution is -2.46. The molecule has 0 saturated carbocycles. The lowest BCUT2D eigenvalue weighted by atomic mass is 10.2. The number of carboxylic acid groups (broad SMARTS) is 1. The normalized spacial score (nSPS) is 13.5. The quantitative estimate of drug-likeness (QED) is 0.258. The van der Waals surface area contributed by atoms with Gasteiger partial charge in [0.15, 0.2) is 0 Å². The molecule has 0 aromatic carbocycles. The molecule has 0 aromatic heterocycles. The number of carbonyl (C=O) groups is 1. The van der Waals surface area contributed by atoms with Crippen LogP contribution in [0.2, 0.25) is 0 Å². The van der Waals surface area contributed by atoms with Crippen molar-refractivity contribution >= 4 is 21.2 Å². The van der Waals surface area contributed by atoms with Crippen molar-refractivity contribution in [1.82, 2.24) is 5.32 Å². The molecule has 0 atom stereocenters. The van der Waals surface area contributed by atoms with E-state index in [2.05, 4.69) is 5.32 Å². The SMILES string of the molecule is CCCCCNC(CC(=O)O)(P(=O)(O)O)P(=O)(O)O. The monoisotopic (exact) mass is 319 g/mol. The van der Waals surface area contributed by atoms with E-state index in [0.717, 1.165) is 6.42 Å². The third kappa shape index (κ3) is 4.96. The predicted molar refractivity (Wildman–Crippen MR) is 66.6 cm³/mol. The fourth-order valence-corrected chi connectivity index (χ4v) is 4.19. The summed E-state index contributed by atoms with van der Waals surface area (Å²) in [6.45, 7) is 1.77. The van der Waals surface area contributed by atoms with Crippen LogP contribution in [0.3, 0.4) is 0 Å². The van der Waals surface area contributed by atoms with E-state index in [9.17, 15) is 13.9 Å². The molecule has 0 aliphatic carbocycles. The average molecular weight is 319 g/mol. The standard InChI is InChI=1S/C8H19NO8P2/c1-2-3-4-5-9-8(6-7(10)11,18(12,13)14)19(15,16)17/h9H,2-6H2,1H3,(H,10,11)(H2,12,13,14)(H2,15,16,17). The summed E-state index contributed by atoms with van der Waals surface area (Å²) in [4.78, 5) is 47.3. The minimum atomic E-state index is -5.39. The maximum Gasteiger partial charge on any atom is 0.358 e. The van der Waals surface area contributed by atoms with Gasteiger partial charge in [0.25, 0.3) is 0 Å². The Morgan fingerprint density at radius 3 is 1.89 bits per heavy atom. The molecule has 0 spiro atoms. The van der Waals surface area contributed by atoms with Crippen molar-refractivity contribution in [3.63, 3.8) is 0 Å². The third-order valence-corrected chi connectivity index (χ3v) is 6.67. The Labute approximate surface area is 110 Å². The van der Waals surface area contributed by atoms with Crippen LogP contribution in [-0.4, -0.2) is 42.2 Å². The molecule has 0 aliphatic rings. The maximum absolute atomic E-state index is 11.4. The van der Waals surface area contributed by atoms with Crippen molar-refractivity contribution in [2.24, 2.45) is 0 Å². The zero-order chi connectivity index (χ0) is 15.3. The van der Waals surface area contributed by atoms with Gasteiger partial charge in [0.05, 0.1) is 6.42 Å². The summed E-state index contributed by atoms with van der Waals surface area (Å²) in [5.41, 5.74) is 0. The van der Waals surface area contributed by atoms with E-state index in [0.29, 0.717) is 12.8 Å². The lowest BCUT2D eigenvalue weighted by Gasteiger charge is -2.34. The van der Waals surface area contributed by atoms with Crippen molar-refractivity contribution in [1.29, 1.82) is 0 Å². The molecule has 0 rings (SSSR count). The molecule has 0 saturated heterocycles. The van der Waals surface area contributed by atoms with Gasteiger partial charge in [-0.15, -0.1) is 0 Å². The summed E-state index contributed by atoms with van der Waals surface area (Å²) in [5.74, 6) is -1.71. The number of nitrogens with one attached hydrogen (secondary N) is 1. The third-order valence-electron chi connectivity index (χ3n) is 2.55. The molecule has 0 aliphatic heterocycles. The second kappa shape index (κ2) is 6.95. The zero-order valence-corrected chi connectivity index (χ0v) is 12.2. The minimum absolute atomic E-state index is 0.0999. The van der Waals surface area contributed by atoms with Gasteiger partial charge in [-0.3, -0.25) is 19.2 Å². The van der Waals surface area contributed by atoms with Crippen molar-refractivity contribution in [2.45, 2.75) is 37.6 Å². The Kier molecular flexibility index (Phi) is 6.85. The van der Waals surface area contributed by atoms with Crippen molar-refractivity contribution in [2.75, 3.05) is 6.54 Å². The first kappa shape index (κ1) is 18.7. The van der Waals surface area contributed by atoms with E-state index in [-0.39, 0.29) is 6.54 Å². The molecule has 6 N–H and O–H groups in total. The molecule has 0 radical (unpaired) electrons. The van der Waals surface area contributed by atoms with Crippen LogP contribution in [0.1, 0.15) is 32.6 Å². The van der Waals surface area contributed by atoms with Crippen LogP contribution >= 0.6 is 15.2 Å². The molecule has 114 valence electrons. The Hall–Kier alpha value is -0.270. The van der Waals surface area contributed by atoms with Crippen molar-refractivity contribution in [3.8, 4) is 0 Å². The molecule has 0 aromatic rings. The fourth-order valence-electron chi connectivity index (χ4n) is 1.52. The van der Waals surface area contributed by atoms with Crippen LogP contribution in [0.15, 0.2) is 0 Å². The molecule has 0 amide bonds. The second-order valence-electron chi connectivity index (χ2n) is 4.11. The predicted octanol–water partition coefficient (Wildman–Crippen LogP) is 0.250. The molecule has 0 heterocycles. The molecule has 9 nitrogen and oxygen atoms in total. The van der Waals surface area contributed by atoms with Gasteiger partial charge in [-0.05, 0) is 13.0 Å². The van der Waals surface area contributed by atoms with Gasteiger partial charge in [0, 0.05) is 0 Å². The molecular formula is C8H19NO8P2. The number of rotatable bonds is 9. The van der Waals surface area contributed by atoms with Gasteiger partial charge >= 0.3 is 21.2 Å². The van der Waals surface area contributed by atoms with Crippen LogP contribution in [0.25, 0.3) is 0 Å². The van der Waals surface area contributed by atoms with Gasteiger partial charge < -0.3 is 24.7 Å². The lowest BCUT2D eigenvalue weighted by molar-refractivity contribution is -0.137. The maximum atomic E-state index is 11.4. The van der Waals surface area contributed by atoms with Gasteiger partial charge in [-0.2, -0.15) is 0 Å². The number of unbranched alkanes of at least 4 members (excludes halogenated alkanes) is 2. The Bertz CT molecular complexity index is 378. The van der Waals surface area contributed by atoms with Crippen LogP contribution in [-0.2, 0) is 13.9 Å².